The first-order valence-electron chi connectivity index (χ1n) is 5.29. The first kappa shape index (κ1) is 15.5. The SMILES string of the molecule is CC=CNC(C)C.CC=CNC(C)C. The van der Waals surface area contributed by atoms with Gasteiger partial charge in [-0.05, 0) is 53.9 Å². The van der Waals surface area contributed by atoms with E-state index < -0.39 is 0 Å². The van der Waals surface area contributed by atoms with Gasteiger partial charge >= 0.3 is 0 Å². The molecular formula is C12H26N2. The summed E-state index contributed by atoms with van der Waals surface area (Å²) in [7, 11) is 0. The number of rotatable bonds is 4. The summed E-state index contributed by atoms with van der Waals surface area (Å²) >= 11 is 0. The number of nitrogens with one attached hydrogen (secondary N) is 2. The highest BCUT2D eigenvalue weighted by atomic mass is 14.9. The van der Waals surface area contributed by atoms with Crippen LogP contribution in [-0.2, 0) is 0 Å². The van der Waals surface area contributed by atoms with E-state index in [-0.39, 0.29) is 0 Å². The Balaban J connectivity index is 0. The van der Waals surface area contributed by atoms with E-state index >= 15 is 0 Å². The largest absolute Gasteiger partial charge is 0.389 e. The van der Waals surface area contributed by atoms with Crippen molar-refractivity contribution in [1.82, 2.24) is 10.6 Å². The van der Waals surface area contributed by atoms with E-state index in [9.17, 15) is 0 Å². The molecule has 0 amide bonds. The number of hydrogen-bond donors (Lipinski definition) is 2. The lowest BCUT2D eigenvalue weighted by Crippen LogP contribution is -2.14. The zero-order valence-electron chi connectivity index (χ0n) is 10.5. The van der Waals surface area contributed by atoms with E-state index in [1.807, 2.05) is 38.4 Å². The van der Waals surface area contributed by atoms with Gasteiger partial charge in [0.1, 0.15) is 0 Å². The molecule has 0 aromatic heterocycles. The quantitative estimate of drug-likeness (QED) is 0.725. The van der Waals surface area contributed by atoms with Crippen LogP contribution in [0.2, 0.25) is 0 Å². The maximum atomic E-state index is 3.11. The summed E-state index contributed by atoms with van der Waals surface area (Å²) < 4.78 is 0. The summed E-state index contributed by atoms with van der Waals surface area (Å²) in [6.45, 7) is 12.4. The molecule has 0 aliphatic rings. The van der Waals surface area contributed by atoms with E-state index in [1.54, 1.807) is 0 Å². The highest BCUT2D eigenvalue weighted by molar-refractivity contribution is 4.75. The molecule has 0 heterocycles. The van der Waals surface area contributed by atoms with Crippen molar-refractivity contribution in [2.75, 3.05) is 0 Å². The Morgan fingerprint density at radius 1 is 0.714 bits per heavy atom. The Morgan fingerprint density at radius 3 is 1.07 bits per heavy atom. The van der Waals surface area contributed by atoms with Gasteiger partial charge < -0.3 is 10.6 Å². The van der Waals surface area contributed by atoms with Crippen LogP contribution < -0.4 is 10.6 Å². The van der Waals surface area contributed by atoms with Crippen molar-refractivity contribution in [3.63, 3.8) is 0 Å². The van der Waals surface area contributed by atoms with Gasteiger partial charge in [0.2, 0.25) is 0 Å². The molecule has 0 rings (SSSR count). The molecule has 14 heavy (non-hydrogen) atoms. The lowest BCUT2D eigenvalue weighted by molar-refractivity contribution is 0.702. The van der Waals surface area contributed by atoms with Crippen LogP contribution in [0.3, 0.4) is 0 Å². The van der Waals surface area contributed by atoms with Crippen molar-refractivity contribution >= 4 is 0 Å². The fourth-order valence-corrected chi connectivity index (χ4v) is 0.577. The van der Waals surface area contributed by atoms with Crippen LogP contribution in [0.15, 0.2) is 24.6 Å². The minimum atomic E-state index is 0.566. The standard InChI is InChI=1S/2C6H13N/c2*1-4-5-7-6(2)3/h2*4-7H,1-3H3. The maximum absolute atomic E-state index is 3.11. The van der Waals surface area contributed by atoms with Gasteiger partial charge in [0, 0.05) is 12.1 Å². The number of allylic oxidation sites excluding steroid dienone is 2. The lowest BCUT2D eigenvalue weighted by atomic mass is 10.4. The fraction of sp³-hybridized carbons (Fsp3) is 0.667. The molecule has 0 fully saturated rings. The molecule has 0 aliphatic heterocycles. The average molecular weight is 198 g/mol. The summed E-state index contributed by atoms with van der Waals surface area (Å²) in [4.78, 5) is 0. The van der Waals surface area contributed by atoms with Crippen LogP contribution in [0.4, 0.5) is 0 Å². The second-order valence-corrected chi connectivity index (χ2v) is 3.64. The van der Waals surface area contributed by atoms with Gasteiger partial charge in [0.25, 0.3) is 0 Å². The van der Waals surface area contributed by atoms with E-state index in [1.165, 1.54) is 0 Å². The van der Waals surface area contributed by atoms with E-state index in [4.69, 9.17) is 0 Å². The average Bonchev–Trinajstić information content (AvgIpc) is 2.12. The Morgan fingerprint density at radius 2 is 1.00 bits per heavy atom. The third kappa shape index (κ3) is 22.5. The van der Waals surface area contributed by atoms with Crippen molar-refractivity contribution in [2.24, 2.45) is 0 Å². The minimum absolute atomic E-state index is 0.566. The molecule has 0 aromatic rings. The van der Waals surface area contributed by atoms with Crippen molar-refractivity contribution in [3.8, 4) is 0 Å². The number of hydrogen-bond acceptors (Lipinski definition) is 2. The summed E-state index contributed by atoms with van der Waals surface area (Å²) in [5, 5.41) is 6.23. The van der Waals surface area contributed by atoms with E-state index in [0.717, 1.165) is 0 Å². The molecule has 0 aliphatic carbocycles. The smallest absolute Gasteiger partial charge is 0.0199 e. The van der Waals surface area contributed by atoms with Gasteiger partial charge in [-0.15, -0.1) is 0 Å². The molecule has 2 heteroatoms. The summed E-state index contributed by atoms with van der Waals surface area (Å²) in [6.07, 6.45) is 7.87. The Bertz CT molecular complexity index is 128. The molecule has 0 unspecified atom stereocenters. The van der Waals surface area contributed by atoms with Crippen LogP contribution in [-0.4, -0.2) is 12.1 Å². The summed E-state index contributed by atoms with van der Waals surface area (Å²) in [6, 6.07) is 1.13. The third-order valence-corrected chi connectivity index (χ3v) is 1.19. The highest BCUT2D eigenvalue weighted by Gasteiger charge is 1.80. The first-order chi connectivity index (χ1) is 6.54. The molecule has 0 saturated carbocycles. The molecule has 0 bridgehead atoms. The predicted octanol–water partition coefficient (Wildman–Crippen LogP) is 3.04. The van der Waals surface area contributed by atoms with Crippen molar-refractivity contribution in [2.45, 2.75) is 53.6 Å². The zero-order chi connectivity index (χ0) is 11.4. The minimum Gasteiger partial charge on any atom is -0.389 e. The van der Waals surface area contributed by atoms with Crippen molar-refractivity contribution in [1.29, 1.82) is 0 Å². The Labute approximate surface area is 89.5 Å². The van der Waals surface area contributed by atoms with Gasteiger partial charge in [-0.1, -0.05) is 12.2 Å². The molecule has 0 atom stereocenters. The molecule has 0 aromatic carbocycles. The second kappa shape index (κ2) is 12.1. The van der Waals surface area contributed by atoms with Gasteiger partial charge in [-0.2, -0.15) is 0 Å². The van der Waals surface area contributed by atoms with Crippen LogP contribution in [0.5, 0.6) is 0 Å². The molecular weight excluding hydrogens is 172 g/mol. The molecule has 2 N–H and O–H groups in total. The monoisotopic (exact) mass is 198 g/mol. The fourth-order valence-electron chi connectivity index (χ4n) is 0.577. The van der Waals surface area contributed by atoms with Gasteiger partial charge in [-0.3, -0.25) is 0 Å². The highest BCUT2D eigenvalue weighted by Crippen LogP contribution is 1.74. The molecule has 0 saturated heterocycles. The second-order valence-electron chi connectivity index (χ2n) is 3.64. The van der Waals surface area contributed by atoms with E-state index in [0.29, 0.717) is 12.1 Å². The Kier molecular flexibility index (Phi) is 13.4. The van der Waals surface area contributed by atoms with Crippen LogP contribution in [0, 0.1) is 0 Å². The maximum Gasteiger partial charge on any atom is 0.0199 e. The predicted molar refractivity (Wildman–Crippen MR) is 66.2 cm³/mol. The molecule has 0 radical (unpaired) electrons. The first-order valence-corrected chi connectivity index (χ1v) is 5.29. The molecule has 0 spiro atoms. The van der Waals surface area contributed by atoms with Crippen molar-refractivity contribution in [3.05, 3.63) is 24.6 Å². The zero-order valence-corrected chi connectivity index (χ0v) is 10.5. The molecule has 2 nitrogen and oxygen atoms in total. The van der Waals surface area contributed by atoms with Gasteiger partial charge in [0.05, 0.1) is 0 Å². The summed E-state index contributed by atoms with van der Waals surface area (Å²) in [5.41, 5.74) is 0. The van der Waals surface area contributed by atoms with E-state index in [2.05, 4.69) is 38.3 Å². The lowest BCUT2D eigenvalue weighted by Gasteiger charge is -2.00. The van der Waals surface area contributed by atoms with Crippen molar-refractivity contribution < 1.29 is 0 Å². The normalized spacial score (nSPS) is 10.9. The topological polar surface area (TPSA) is 24.1 Å². The van der Waals surface area contributed by atoms with Crippen LogP contribution in [0.1, 0.15) is 41.5 Å². The molecule has 84 valence electrons. The third-order valence-electron chi connectivity index (χ3n) is 1.19. The Hall–Kier alpha value is -0.920. The van der Waals surface area contributed by atoms with Crippen LogP contribution in [0.25, 0.3) is 0 Å². The van der Waals surface area contributed by atoms with Gasteiger partial charge in [0.15, 0.2) is 0 Å². The van der Waals surface area contributed by atoms with Crippen LogP contribution >= 0.6 is 0 Å². The summed E-state index contributed by atoms with van der Waals surface area (Å²) in [5.74, 6) is 0. The van der Waals surface area contributed by atoms with Gasteiger partial charge in [-0.25, -0.2) is 0 Å².